The molecule has 1 heterocycles. The number of rotatable bonds is 8. The minimum atomic E-state index is 0.000656. The number of benzene rings is 1. The smallest absolute Gasteiger partial charge is 0.316 e. The van der Waals surface area contributed by atoms with Gasteiger partial charge in [-0.3, -0.25) is 4.79 Å². The summed E-state index contributed by atoms with van der Waals surface area (Å²) < 4.78 is 5.59. The van der Waals surface area contributed by atoms with E-state index in [-0.39, 0.29) is 11.9 Å². The summed E-state index contributed by atoms with van der Waals surface area (Å²) in [7, 11) is 0. The highest BCUT2D eigenvalue weighted by atomic mass is 16.5. The molecule has 0 aliphatic heterocycles. The lowest BCUT2D eigenvalue weighted by Crippen LogP contribution is -2.31. The first-order chi connectivity index (χ1) is 12.1. The fourth-order valence-corrected chi connectivity index (χ4v) is 2.85. The Hall–Kier alpha value is -2.43. The largest absolute Gasteiger partial charge is 0.463 e. The van der Waals surface area contributed by atoms with E-state index in [1.165, 1.54) is 18.4 Å². The number of nitrogens with one attached hydrogen (secondary N) is 1. The normalized spacial score (nSPS) is 14.8. The van der Waals surface area contributed by atoms with Gasteiger partial charge in [0.15, 0.2) is 0 Å². The monoisotopic (exact) mass is 339 g/mol. The molecule has 3 rings (SSSR count). The lowest BCUT2D eigenvalue weighted by Gasteiger charge is -2.12. The molecule has 2 aromatic rings. The maximum Gasteiger partial charge on any atom is 0.316 e. The number of carbonyl (C=O) groups is 1. The number of nitrogens with zero attached hydrogens (tertiary/aromatic N) is 2. The van der Waals surface area contributed by atoms with Crippen molar-refractivity contribution in [2.45, 2.75) is 45.6 Å². The van der Waals surface area contributed by atoms with Gasteiger partial charge in [-0.15, -0.1) is 0 Å². The van der Waals surface area contributed by atoms with Crippen molar-refractivity contribution in [1.29, 1.82) is 0 Å². The molecule has 0 radical (unpaired) electrons. The Balaban J connectivity index is 1.54. The van der Waals surface area contributed by atoms with Crippen LogP contribution in [0.25, 0.3) is 11.1 Å². The lowest BCUT2D eigenvalue weighted by molar-refractivity contribution is -0.119. The van der Waals surface area contributed by atoms with Crippen LogP contribution in [0.2, 0.25) is 0 Å². The fourth-order valence-electron chi connectivity index (χ4n) is 2.85. The number of aromatic nitrogens is 2. The van der Waals surface area contributed by atoms with E-state index in [2.05, 4.69) is 39.6 Å². The molecule has 1 atom stereocenters. The average Bonchev–Trinajstić information content (AvgIpc) is 3.40. The maximum absolute atomic E-state index is 11.1. The van der Waals surface area contributed by atoms with Crippen LogP contribution in [0.5, 0.6) is 6.01 Å². The van der Waals surface area contributed by atoms with E-state index in [0.29, 0.717) is 12.6 Å². The zero-order valence-corrected chi connectivity index (χ0v) is 14.9. The van der Waals surface area contributed by atoms with E-state index in [1.54, 1.807) is 19.3 Å². The molecule has 1 aromatic heterocycles. The first kappa shape index (κ1) is 17.4. The minimum Gasteiger partial charge on any atom is -0.463 e. The molecule has 1 saturated carbocycles. The molecule has 1 aliphatic rings. The third kappa shape index (κ3) is 5.55. The van der Waals surface area contributed by atoms with Gasteiger partial charge >= 0.3 is 6.01 Å². The van der Waals surface area contributed by atoms with Crippen molar-refractivity contribution in [2.75, 3.05) is 6.61 Å². The molecular weight excluding hydrogens is 314 g/mol. The summed E-state index contributed by atoms with van der Waals surface area (Å²) >= 11 is 0. The summed E-state index contributed by atoms with van der Waals surface area (Å²) in [6.07, 6.45) is 8.18. The molecule has 5 nitrogen and oxygen atoms in total. The number of hydrogen-bond acceptors (Lipinski definition) is 4. The van der Waals surface area contributed by atoms with Crippen LogP contribution in [0.1, 0.15) is 38.7 Å². The Bertz CT molecular complexity index is 694. The number of amides is 1. The Morgan fingerprint density at radius 2 is 1.88 bits per heavy atom. The van der Waals surface area contributed by atoms with Crippen molar-refractivity contribution >= 4 is 5.91 Å². The van der Waals surface area contributed by atoms with Gasteiger partial charge in [0.2, 0.25) is 5.91 Å². The van der Waals surface area contributed by atoms with Crippen molar-refractivity contribution in [1.82, 2.24) is 15.3 Å². The van der Waals surface area contributed by atoms with Crippen LogP contribution in [-0.4, -0.2) is 28.5 Å². The summed E-state index contributed by atoms with van der Waals surface area (Å²) in [5, 5.41) is 2.90. The standard InChI is InChI=1S/C20H25N3O2/c1-14(23-15(2)24)11-17-5-7-18(8-6-17)19-12-21-20(22-13-19)25-10-9-16-3-4-16/h5-8,12-14,16H,3-4,9-11H2,1-2H3,(H,23,24). The quantitative estimate of drug-likeness (QED) is 0.801. The zero-order valence-electron chi connectivity index (χ0n) is 14.9. The molecular formula is C20H25N3O2. The van der Waals surface area contributed by atoms with Gasteiger partial charge in [-0.25, -0.2) is 9.97 Å². The summed E-state index contributed by atoms with van der Waals surface area (Å²) in [6.45, 7) is 4.25. The second-order valence-corrected chi connectivity index (χ2v) is 6.84. The summed E-state index contributed by atoms with van der Waals surface area (Å²) in [6, 6.07) is 8.84. The second kappa shape index (κ2) is 8.10. The lowest BCUT2D eigenvalue weighted by atomic mass is 10.0. The van der Waals surface area contributed by atoms with Crippen molar-refractivity contribution in [3.63, 3.8) is 0 Å². The minimum absolute atomic E-state index is 0.000656. The molecule has 1 fully saturated rings. The van der Waals surface area contributed by atoms with Gasteiger partial charge in [0.05, 0.1) is 6.61 Å². The Morgan fingerprint density at radius 1 is 1.20 bits per heavy atom. The highest BCUT2D eigenvalue weighted by Crippen LogP contribution is 2.32. The predicted octanol–water partition coefficient (Wildman–Crippen LogP) is 3.39. The Labute approximate surface area is 148 Å². The summed E-state index contributed by atoms with van der Waals surface area (Å²) in [4.78, 5) is 19.7. The van der Waals surface area contributed by atoms with Crippen LogP contribution in [0.15, 0.2) is 36.7 Å². The molecule has 132 valence electrons. The Kier molecular flexibility index (Phi) is 5.64. The van der Waals surface area contributed by atoms with Crippen LogP contribution in [0.3, 0.4) is 0 Å². The summed E-state index contributed by atoms with van der Waals surface area (Å²) in [5.74, 6) is 0.854. The van der Waals surface area contributed by atoms with Crippen LogP contribution in [0, 0.1) is 5.92 Å². The van der Waals surface area contributed by atoms with E-state index >= 15 is 0 Å². The Morgan fingerprint density at radius 3 is 2.48 bits per heavy atom. The van der Waals surface area contributed by atoms with Crippen LogP contribution in [0.4, 0.5) is 0 Å². The highest BCUT2D eigenvalue weighted by Gasteiger charge is 2.20. The third-order valence-electron chi connectivity index (χ3n) is 4.36. The average molecular weight is 339 g/mol. The van der Waals surface area contributed by atoms with Gasteiger partial charge in [0.1, 0.15) is 0 Å². The highest BCUT2D eigenvalue weighted by molar-refractivity contribution is 5.73. The van der Waals surface area contributed by atoms with E-state index in [1.807, 2.05) is 6.92 Å². The van der Waals surface area contributed by atoms with Gasteiger partial charge < -0.3 is 10.1 Å². The molecule has 1 N–H and O–H groups in total. The van der Waals surface area contributed by atoms with Crippen LogP contribution in [-0.2, 0) is 11.2 Å². The van der Waals surface area contributed by atoms with E-state index in [0.717, 1.165) is 29.9 Å². The van der Waals surface area contributed by atoms with Crippen LogP contribution < -0.4 is 10.1 Å². The molecule has 0 spiro atoms. The number of hydrogen-bond donors (Lipinski definition) is 1. The van der Waals surface area contributed by atoms with E-state index < -0.39 is 0 Å². The number of ether oxygens (including phenoxy) is 1. The maximum atomic E-state index is 11.1. The molecule has 1 aromatic carbocycles. The third-order valence-corrected chi connectivity index (χ3v) is 4.36. The van der Waals surface area contributed by atoms with Crippen molar-refractivity contribution in [3.8, 4) is 17.1 Å². The summed E-state index contributed by atoms with van der Waals surface area (Å²) in [5.41, 5.74) is 3.22. The molecule has 1 aliphatic carbocycles. The topological polar surface area (TPSA) is 64.1 Å². The van der Waals surface area contributed by atoms with Crippen molar-refractivity contribution in [3.05, 3.63) is 42.2 Å². The molecule has 1 unspecified atom stereocenters. The van der Waals surface area contributed by atoms with Gasteiger partial charge in [0, 0.05) is 30.9 Å². The van der Waals surface area contributed by atoms with E-state index in [9.17, 15) is 4.79 Å². The molecule has 25 heavy (non-hydrogen) atoms. The molecule has 0 saturated heterocycles. The fraction of sp³-hybridized carbons (Fsp3) is 0.450. The number of carbonyl (C=O) groups excluding carboxylic acids is 1. The first-order valence-electron chi connectivity index (χ1n) is 8.91. The molecule has 1 amide bonds. The van der Waals surface area contributed by atoms with E-state index in [4.69, 9.17) is 4.74 Å². The van der Waals surface area contributed by atoms with Gasteiger partial charge in [0.25, 0.3) is 0 Å². The van der Waals surface area contributed by atoms with Gasteiger partial charge in [-0.1, -0.05) is 37.1 Å². The SMILES string of the molecule is CC(=O)NC(C)Cc1ccc(-c2cnc(OCCC3CC3)nc2)cc1. The first-order valence-corrected chi connectivity index (χ1v) is 8.91. The predicted molar refractivity (Wildman–Crippen MR) is 97.3 cm³/mol. The second-order valence-electron chi connectivity index (χ2n) is 6.84. The van der Waals surface area contributed by atoms with Gasteiger partial charge in [-0.05, 0) is 36.8 Å². The van der Waals surface area contributed by atoms with Crippen LogP contribution >= 0.6 is 0 Å². The van der Waals surface area contributed by atoms with Crippen molar-refractivity contribution in [2.24, 2.45) is 5.92 Å². The van der Waals surface area contributed by atoms with Gasteiger partial charge in [-0.2, -0.15) is 0 Å². The van der Waals surface area contributed by atoms with Crippen molar-refractivity contribution < 1.29 is 9.53 Å². The molecule has 5 heteroatoms. The zero-order chi connectivity index (χ0) is 17.6. The molecule has 0 bridgehead atoms.